The second kappa shape index (κ2) is 9.77. The molecule has 0 fully saturated rings. The summed E-state index contributed by atoms with van der Waals surface area (Å²) in [6, 6.07) is 7.84. The third-order valence-corrected chi connectivity index (χ3v) is 5.85. The zero-order valence-electron chi connectivity index (χ0n) is 15.1. The molecule has 1 aromatic heterocycles. The van der Waals surface area contributed by atoms with Gasteiger partial charge in [-0.2, -0.15) is 0 Å². The summed E-state index contributed by atoms with van der Waals surface area (Å²) in [6.45, 7) is 8.35. The number of thioether (sulfide) groups is 1. The number of amides is 1. The number of anilines is 1. The van der Waals surface area contributed by atoms with E-state index in [4.69, 9.17) is 4.74 Å². The zero-order chi connectivity index (χ0) is 18.2. The third kappa shape index (κ3) is 6.32. The molecule has 25 heavy (non-hydrogen) atoms. The van der Waals surface area contributed by atoms with Gasteiger partial charge in [-0.1, -0.05) is 62.9 Å². The first kappa shape index (κ1) is 19.7. The zero-order valence-corrected chi connectivity index (χ0v) is 16.7. The van der Waals surface area contributed by atoms with Gasteiger partial charge < -0.3 is 4.74 Å². The summed E-state index contributed by atoms with van der Waals surface area (Å²) in [6.07, 6.45) is 1.00. The van der Waals surface area contributed by atoms with Crippen LogP contribution in [0.2, 0.25) is 0 Å². The van der Waals surface area contributed by atoms with Crippen molar-refractivity contribution in [1.29, 1.82) is 0 Å². The van der Waals surface area contributed by atoms with Gasteiger partial charge in [-0.05, 0) is 36.5 Å². The maximum Gasteiger partial charge on any atom is 0.267 e. The second-order valence-electron chi connectivity index (χ2n) is 6.08. The Labute approximate surface area is 157 Å². The summed E-state index contributed by atoms with van der Waals surface area (Å²) in [5.41, 5.74) is 1.24. The number of nitrogens with one attached hydrogen (secondary N) is 1. The highest BCUT2D eigenvalue weighted by Gasteiger charge is 2.20. The summed E-state index contributed by atoms with van der Waals surface area (Å²) in [5, 5.41) is 11.5. The van der Waals surface area contributed by atoms with Gasteiger partial charge in [-0.15, -0.1) is 10.2 Å². The highest BCUT2D eigenvalue weighted by atomic mass is 32.2. The molecule has 7 heteroatoms. The van der Waals surface area contributed by atoms with E-state index in [0.29, 0.717) is 23.2 Å². The first-order valence-corrected chi connectivity index (χ1v) is 10.3. The van der Waals surface area contributed by atoms with Crippen molar-refractivity contribution >= 4 is 34.1 Å². The van der Waals surface area contributed by atoms with Crippen LogP contribution in [0, 0.1) is 5.92 Å². The van der Waals surface area contributed by atoms with E-state index < -0.39 is 6.10 Å². The van der Waals surface area contributed by atoms with Crippen molar-refractivity contribution in [2.24, 2.45) is 5.92 Å². The Morgan fingerprint density at radius 3 is 2.56 bits per heavy atom. The van der Waals surface area contributed by atoms with E-state index in [1.165, 1.54) is 16.9 Å². The van der Waals surface area contributed by atoms with Crippen molar-refractivity contribution in [1.82, 2.24) is 10.2 Å². The van der Waals surface area contributed by atoms with Crippen LogP contribution in [0.1, 0.15) is 39.7 Å². The number of rotatable bonds is 9. The van der Waals surface area contributed by atoms with Gasteiger partial charge in [0.25, 0.3) is 5.91 Å². The van der Waals surface area contributed by atoms with Crippen molar-refractivity contribution in [2.75, 3.05) is 11.1 Å². The Bertz CT molecular complexity index is 671. The van der Waals surface area contributed by atoms with Crippen LogP contribution >= 0.6 is 23.1 Å². The molecule has 0 saturated carbocycles. The lowest BCUT2D eigenvalue weighted by atomic mass is 10.2. The number of carbonyl (C=O) groups is 1. The molecule has 0 spiro atoms. The van der Waals surface area contributed by atoms with Crippen molar-refractivity contribution in [3.05, 3.63) is 29.8 Å². The van der Waals surface area contributed by atoms with E-state index in [0.717, 1.165) is 16.5 Å². The SMILES string of the molecule is CCc1ccc(O[C@@H](CC)C(=O)Nc2nnc(SCC(C)C)s2)cc1. The quantitative estimate of drug-likeness (QED) is 0.508. The van der Waals surface area contributed by atoms with Crippen LogP contribution in [0.15, 0.2) is 28.6 Å². The molecule has 136 valence electrons. The van der Waals surface area contributed by atoms with E-state index >= 15 is 0 Å². The van der Waals surface area contributed by atoms with E-state index in [1.807, 2.05) is 31.2 Å². The van der Waals surface area contributed by atoms with Gasteiger partial charge in [-0.25, -0.2) is 0 Å². The summed E-state index contributed by atoms with van der Waals surface area (Å²) in [7, 11) is 0. The monoisotopic (exact) mass is 379 g/mol. The van der Waals surface area contributed by atoms with Crippen LogP contribution in [-0.4, -0.2) is 28.0 Å². The Morgan fingerprint density at radius 2 is 1.96 bits per heavy atom. The predicted octanol–water partition coefficient (Wildman–Crippen LogP) is 4.64. The highest BCUT2D eigenvalue weighted by Crippen LogP contribution is 2.27. The maximum absolute atomic E-state index is 12.4. The molecule has 0 radical (unpaired) electrons. The molecule has 1 amide bonds. The van der Waals surface area contributed by atoms with Gasteiger partial charge in [0.1, 0.15) is 5.75 Å². The van der Waals surface area contributed by atoms with E-state index in [-0.39, 0.29) is 5.91 Å². The first-order valence-electron chi connectivity index (χ1n) is 8.54. The number of hydrogen-bond donors (Lipinski definition) is 1. The Balaban J connectivity index is 1.92. The Kier molecular flexibility index (Phi) is 7.71. The molecular weight excluding hydrogens is 354 g/mol. The van der Waals surface area contributed by atoms with Crippen LogP contribution in [0.5, 0.6) is 5.75 Å². The van der Waals surface area contributed by atoms with Gasteiger partial charge >= 0.3 is 0 Å². The van der Waals surface area contributed by atoms with Crippen molar-refractivity contribution in [3.63, 3.8) is 0 Å². The van der Waals surface area contributed by atoms with Gasteiger partial charge in [0, 0.05) is 5.75 Å². The Hall–Kier alpha value is -1.60. The van der Waals surface area contributed by atoms with Crippen LogP contribution in [0.4, 0.5) is 5.13 Å². The standard InChI is InChI=1S/C18H25N3O2S2/c1-5-13-7-9-14(10-8-13)23-15(6-2)16(22)19-17-20-21-18(25-17)24-11-12(3)4/h7-10,12,15H,5-6,11H2,1-4H3,(H,19,20,22)/t15-/m0/s1. The first-order chi connectivity index (χ1) is 12.0. The Morgan fingerprint density at radius 1 is 1.24 bits per heavy atom. The predicted molar refractivity (Wildman–Crippen MR) is 105 cm³/mol. The average Bonchev–Trinajstić information content (AvgIpc) is 3.05. The van der Waals surface area contributed by atoms with Gasteiger partial charge in [0.05, 0.1) is 0 Å². The molecule has 0 aliphatic carbocycles. The fraction of sp³-hybridized carbons (Fsp3) is 0.500. The highest BCUT2D eigenvalue weighted by molar-refractivity contribution is 8.01. The lowest BCUT2D eigenvalue weighted by molar-refractivity contribution is -0.122. The lowest BCUT2D eigenvalue weighted by Gasteiger charge is -2.16. The summed E-state index contributed by atoms with van der Waals surface area (Å²) >= 11 is 3.05. The fourth-order valence-electron chi connectivity index (χ4n) is 2.03. The van der Waals surface area contributed by atoms with E-state index in [2.05, 4.69) is 36.3 Å². The molecular formula is C18H25N3O2S2. The van der Waals surface area contributed by atoms with Crippen molar-refractivity contribution in [2.45, 2.75) is 51.0 Å². The smallest absolute Gasteiger partial charge is 0.267 e. The number of benzene rings is 1. The maximum atomic E-state index is 12.4. The number of carbonyl (C=O) groups excluding carboxylic acids is 1. The summed E-state index contributed by atoms with van der Waals surface area (Å²) in [5.74, 6) is 2.07. The molecule has 2 rings (SSSR count). The number of aryl methyl sites for hydroxylation is 1. The van der Waals surface area contributed by atoms with E-state index in [1.54, 1.807) is 11.8 Å². The topological polar surface area (TPSA) is 64.1 Å². The molecule has 2 aromatic rings. The molecule has 1 heterocycles. The summed E-state index contributed by atoms with van der Waals surface area (Å²) < 4.78 is 6.69. The number of ether oxygens (including phenoxy) is 1. The number of hydrogen-bond acceptors (Lipinski definition) is 6. The summed E-state index contributed by atoms with van der Waals surface area (Å²) in [4.78, 5) is 12.4. The van der Waals surface area contributed by atoms with Crippen LogP contribution in [0.3, 0.4) is 0 Å². The molecule has 1 atom stereocenters. The van der Waals surface area contributed by atoms with Gasteiger partial charge in [0.15, 0.2) is 10.4 Å². The van der Waals surface area contributed by atoms with Crippen LogP contribution < -0.4 is 10.1 Å². The number of aromatic nitrogens is 2. The third-order valence-electron chi connectivity index (χ3n) is 3.45. The fourth-order valence-corrected chi connectivity index (χ4v) is 3.76. The molecule has 0 aliphatic rings. The van der Waals surface area contributed by atoms with E-state index in [9.17, 15) is 4.79 Å². The molecule has 1 aromatic carbocycles. The molecule has 0 saturated heterocycles. The molecule has 5 nitrogen and oxygen atoms in total. The largest absolute Gasteiger partial charge is 0.481 e. The minimum Gasteiger partial charge on any atom is -0.481 e. The molecule has 0 bridgehead atoms. The van der Waals surface area contributed by atoms with Crippen molar-refractivity contribution < 1.29 is 9.53 Å². The minimum atomic E-state index is -0.553. The van der Waals surface area contributed by atoms with Gasteiger partial charge in [-0.3, -0.25) is 10.1 Å². The van der Waals surface area contributed by atoms with Crippen LogP contribution in [0.25, 0.3) is 0 Å². The molecule has 0 unspecified atom stereocenters. The van der Waals surface area contributed by atoms with Crippen LogP contribution in [-0.2, 0) is 11.2 Å². The second-order valence-corrected chi connectivity index (χ2v) is 8.32. The van der Waals surface area contributed by atoms with Gasteiger partial charge in [0.2, 0.25) is 5.13 Å². The van der Waals surface area contributed by atoms with Crippen molar-refractivity contribution in [3.8, 4) is 5.75 Å². The normalized spacial score (nSPS) is 12.2. The average molecular weight is 380 g/mol. The minimum absolute atomic E-state index is 0.196. The molecule has 1 N–H and O–H groups in total. The lowest BCUT2D eigenvalue weighted by Crippen LogP contribution is -2.32. The number of nitrogens with zero attached hydrogens (tertiary/aromatic N) is 2. The molecule has 0 aliphatic heterocycles.